The summed E-state index contributed by atoms with van der Waals surface area (Å²) in [6, 6.07) is 16.6. The lowest BCUT2D eigenvalue weighted by Crippen LogP contribution is -2.37. The summed E-state index contributed by atoms with van der Waals surface area (Å²) < 4.78 is 31.8. The second-order valence-electron chi connectivity index (χ2n) is 17.1. The minimum atomic E-state index is -3.32. The standard InChI is InChI=1S/C45H64ClN5O6S/c1-13-44(8,9)31-18-23-38(34(28-31)45(10,11)14-2)57-26-16-17-39(52)48-32-19-21-35(46)37(29-32)50-42(54)40(41(53)43(5,6)7)49-36-22-20-33(27-30(36)4)51(15-3)25-24-47-58(12,55)56/h18-23,27-29,47H,13-17,24-26H2,1-12H3,(H,48,52)(H,50,54)/b49-40+. The van der Waals surface area contributed by atoms with Gasteiger partial charge >= 0.3 is 0 Å². The Balaban J connectivity index is 1.74. The molecular formula is C45H64ClN5O6S. The highest BCUT2D eigenvalue weighted by Crippen LogP contribution is 2.38. The third kappa shape index (κ3) is 13.7. The Morgan fingerprint density at radius 2 is 1.53 bits per heavy atom. The summed E-state index contributed by atoms with van der Waals surface area (Å²) in [5.41, 5.74) is 3.80. The molecule has 3 aromatic rings. The average Bonchev–Trinajstić information content (AvgIpc) is 3.14. The number of Topliss-reactive ketones (excluding diaryl/α,β-unsaturated/α-hetero) is 1. The Hall–Kier alpha value is -4.26. The summed E-state index contributed by atoms with van der Waals surface area (Å²) in [4.78, 5) is 47.1. The maximum Gasteiger partial charge on any atom is 0.278 e. The maximum atomic E-state index is 13.8. The summed E-state index contributed by atoms with van der Waals surface area (Å²) in [5, 5.41) is 5.84. The van der Waals surface area contributed by atoms with Gasteiger partial charge in [-0.2, -0.15) is 0 Å². The minimum Gasteiger partial charge on any atom is -0.493 e. The number of nitrogens with zero attached hydrogens (tertiary/aromatic N) is 2. The van der Waals surface area contributed by atoms with Crippen LogP contribution in [0, 0.1) is 12.3 Å². The molecule has 318 valence electrons. The largest absolute Gasteiger partial charge is 0.493 e. The monoisotopic (exact) mass is 837 g/mol. The highest BCUT2D eigenvalue weighted by Gasteiger charge is 2.32. The van der Waals surface area contributed by atoms with Crippen molar-refractivity contribution in [3.8, 4) is 5.75 Å². The lowest BCUT2D eigenvalue weighted by Gasteiger charge is -2.30. The van der Waals surface area contributed by atoms with Crippen molar-refractivity contribution in [3.05, 3.63) is 76.3 Å². The van der Waals surface area contributed by atoms with Crippen LogP contribution in [0.5, 0.6) is 5.75 Å². The van der Waals surface area contributed by atoms with Gasteiger partial charge in [0.1, 0.15) is 5.75 Å². The van der Waals surface area contributed by atoms with Crippen LogP contribution in [0.3, 0.4) is 0 Å². The van der Waals surface area contributed by atoms with Gasteiger partial charge in [-0.15, -0.1) is 0 Å². The molecule has 2 amide bonds. The number of nitrogens with one attached hydrogen (secondary N) is 3. The Morgan fingerprint density at radius 3 is 2.12 bits per heavy atom. The molecule has 0 radical (unpaired) electrons. The van der Waals surface area contributed by atoms with Crippen molar-refractivity contribution in [2.24, 2.45) is 10.4 Å². The van der Waals surface area contributed by atoms with Crippen molar-refractivity contribution in [1.82, 2.24) is 4.72 Å². The number of carbonyl (C=O) groups is 3. The molecule has 0 atom stereocenters. The first-order chi connectivity index (χ1) is 26.9. The van der Waals surface area contributed by atoms with Gasteiger partial charge in [0.15, 0.2) is 11.5 Å². The molecule has 11 nitrogen and oxygen atoms in total. The molecule has 0 unspecified atom stereocenters. The van der Waals surface area contributed by atoms with Gasteiger partial charge in [0, 0.05) is 48.4 Å². The van der Waals surface area contributed by atoms with E-state index in [2.05, 4.69) is 80.1 Å². The average molecular weight is 839 g/mol. The Bertz CT molecular complexity index is 2090. The maximum absolute atomic E-state index is 13.8. The van der Waals surface area contributed by atoms with Gasteiger partial charge in [-0.25, -0.2) is 18.1 Å². The van der Waals surface area contributed by atoms with Crippen LogP contribution in [0.2, 0.25) is 5.02 Å². The number of halogens is 1. The van der Waals surface area contributed by atoms with Gasteiger partial charge in [-0.1, -0.05) is 86.0 Å². The third-order valence-electron chi connectivity index (χ3n) is 10.6. The fraction of sp³-hybridized carbons (Fsp3) is 0.511. The van der Waals surface area contributed by atoms with E-state index in [1.54, 1.807) is 45.0 Å². The van der Waals surface area contributed by atoms with Crippen LogP contribution in [-0.4, -0.2) is 64.2 Å². The molecule has 3 N–H and O–H groups in total. The molecule has 0 fully saturated rings. The smallest absolute Gasteiger partial charge is 0.278 e. The fourth-order valence-electron chi connectivity index (χ4n) is 6.00. The SMILES string of the molecule is CCN(CCNS(C)(=O)=O)c1ccc(/N=C(/C(=O)Nc2cc(NC(=O)CCCOc3ccc(C(C)(C)CC)cc3C(C)(C)CC)ccc2Cl)C(=O)C(C)(C)C)c(C)c1. The van der Waals surface area contributed by atoms with E-state index in [1.807, 2.05) is 30.9 Å². The normalized spacial score (nSPS) is 12.6. The fourth-order valence-corrected chi connectivity index (χ4v) is 6.62. The van der Waals surface area contributed by atoms with Gasteiger partial charge in [0.2, 0.25) is 15.9 Å². The summed E-state index contributed by atoms with van der Waals surface area (Å²) in [6.07, 6.45) is 3.79. The Morgan fingerprint density at radius 1 is 0.862 bits per heavy atom. The lowest BCUT2D eigenvalue weighted by molar-refractivity contribution is -0.121. The van der Waals surface area contributed by atoms with Gasteiger partial charge in [-0.3, -0.25) is 14.4 Å². The second-order valence-corrected chi connectivity index (χ2v) is 19.3. The molecule has 0 heterocycles. The highest BCUT2D eigenvalue weighted by atomic mass is 35.5. The van der Waals surface area contributed by atoms with Crippen LogP contribution in [-0.2, 0) is 35.2 Å². The number of ether oxygens (including phenoxy) is 1. The van der Waals surface area contributed by atoms with E-state index in [0.717, 1.165) is 36.1 Å². The molecular weight excluding hydrogens is 774 g/mol. The molecule has 0 aromatic heterocycles. The number of amides is 2. The third-order valence-corrected chi connectivity index (χ3v) is 11.6. The predicted molar refractivity (Wildman–Crippen MR) is 240 cm³/mol. The van der Waals surface area contributed by atoms with Crippen molar-refractivity contribution in [2.75, 3.05) is 48.0 Å². The first kappa shape index (κ1) is 48.1. The van der Waals surface area contributed by atoms with E-state index in [0.29, 0.717) is 43.1 Å². The zero-order valence-electron chi connectivity index (χ0n) is 36.5. The molecule has 0 saturated heterocycles. The number of benzene rings is 3. The molecule has 58 heavy (non-hydrogen) atoms. The van der Waals surface area contributed by atoms with Crippen molar-refractivity contribution >= 4 is 67.7 Å². The van der Waals surface area contributed by atoms with E-state index in [9.17, 15) is 22.8 Å². The number of anilines is 3. The molecule has 3 aromatic carbocycles. The summed E-state index contributed by atoms with van der Waals surface area (Å²) in [7, 11) is -3.32. The van der Waals surface area contributed by atoms with E-state index in [4.69, 9.17) is 16.3 Å². The van der Waals surface area contributed by atoms with Crippen LogP contribution in [0.15, 0.2) is 59.6 Å². The first-order valence-corrected chi connectivity index (χ1v) is 22.3. The molecule has 3 rings (SSSR count). The van der Waals surface area contributed by atoms with E-state index < -0.39 is 27.1 Å². The van der Waals surface area contributed by atoms with Crippen molar-refractivity contribution in [1.29, 1.82) is 0 Å². The van der Waals surface area contributed by atoms with Crippen LogP contribution in [0.4, 0.5) is 22.7 Å². The topological polar surface area (TPSA) is 146 Å². The molecule has 0 spiro atoms. The van der Waals surface area contributed by atoms with Crippen molar-refractivity contribution in [2.45, 2.75) is 113 Å². The van der Waals surface area contributed by atoms with Crippen molar-refractivity contribution < 1.29 is 27.5 Å². The number of hydrogen-bond donors (Lipinski definition) is 3. The summed E-state index contributed by atoms with van der Waals surface area (Å²) in [6.45, 7) is 23.9. The highest BCUT2D eigenvalue weighted by molar-refractivity contribution is 7.88. The summed E-state index contributed by atoms with van der Waals surface area (Å²) >= 11 is 6.51. The lowest BCUT2D eigenvalue weighted by atomic mass is 9.76. The number of sulfonamides is 1. The van der Waals surface area contributed by atoms with Gasteiger partial charge in [0.05, 0.1) is 29.3 Å². The van der Waals surface area contributed by atoms with Gasteiger partial charge in [-0.05, 0) is 97.5 Å². The number of aliphatic imine (C=N–C) groups is 1. The second kappa shape index (κ2) is 20.1. The molecule has 0 aliphatic heterocycles. The Kier molecular flexibility index (Phi) is 16.7. The number of carbonyl (C=O) groups excluding carboxylic acids is 3. The summed E-state index contributed by atoms with van der Waals surface area (Å²) in [5.74, 6) is -0.607. The zero-order chi connectivity index (χ0) is 43.6. The minimum absolute atomic E-state index is 0.0498. The molecule has 13 heteroatoms. The quantitative estimate of drug-likeness (QED) is 0.0584. The van der Waals surface area contributed by atoms with Crippen LogP contribution < -0.4 is 25.0 Å². The van der Waals surface area contributed by atoms with Gasteiger partial charge in [0.25, 0.3) is 5.91 Å². The number of ketones is 1. The number of rotatable bonds is 20. The zero-order valence-corrected chi connectivity index (χ0v) is 38.1. The molecule has 0 aliphatic carbocycles. The van der Waals surface area contributed by atoms with Crippen LogP contribution in [0.25, 0.3) is 0 Å². The van der Waals surface area contributed by atoms with Crippen LogP contribution in [0.1, 0.15) is 112 Å². The van der Waals surface area contributed by atoms with Gasteiger partial charge < -0.3 is 20.3 Å². The van der Waals surface area contributed by atoms with Crippen molar-refractivity contribution in [3.63, 3.8) is 0 Å². The molecule has 0 bridgehead atoms. The predicted octanol–water partition coefficient (Wildman–Crippen LogP) is 9.52. The van der Waals surface area contributed by atoms with E-state index >= 15 is 0 Å². The van der Waals surface area contributed by atoms with Crippen LogP contribution >= 0.6 is 11.6 Å². The molecule has 0 aliphatic rings. The first-order valence-electron chi connectivity index (χ1n) is 20.0. The number of likely N-dealkylation sites (N-methyl/N-ethyl adjacent to an activating group) is 1. The molecule has 0 saturated carbocycles. The Labute approximate surface area is 351 Å². The number of hydrogen-bond acceptors (Lipinski definition) is 8. The van der Waals surface area contributed by atoms with E-state index in [1.165, 1.54) is 5.56 Å². The van der Waals surface area contributed by atoms with E-state index in [-0.39, 0.29) is 46.1 Å². The number of aryl methyl sites for hydroxylation is 1.